The second-order valence-electron chi connectivity index (χ2n) is 3.53. The van der Waals surface area contributed by atoms with Crippen LogP contribution in [-0.2, 0) is 13.6 Å². The first-order chi connectivity index (χ1) is 9.07. The van der Waals surface area contributed by atoms with Crippen LogP contribution in [0.4, 0.5) is 0 Å². The Morgan fingerprint density at radius 2 is 1.95 bits per heavy atom. The topological polar surface area (TPSA) is 79.5 Å². The van der Waals surface area contributed by atoms with Crippen LogP contribution >= 0.6 is 7.60 Å². The van der Waals surface area contributed by atoms with Gasteiger partial charge in [-0.2, -0.15) is 5.26 Å². The van der Waals surface area contributed by atoms with Crippen LogP contribution < -0.4 is 0 Å². The van der Waals surface area contributed by atoms with E-state index in [0.717, 1.165) is 0 Å². The molecule has 0 saturated heterocycles. The Morgan fingerprint density at radius 1 is 1.37 bits per heavy atom. The molecule has 0 saturated carbocycles. The molecule has 1 aromatic carbocycles. The van der Waals surface area contributed by atoms with Gasteiger partial charge in [0.1, 0.15) is 17.1 Å². The molecular weight excluding hydrogens is 265 g/mol. The van der Waals surface area contributed by atoms with E-state index in [4.69, 9.17) is 14.3 Å². The van der Waals surface area contributed by atoms with Crippen LogP contribution in [0.25, 0.3) is 6.08 Å². The predicted octanol–water partition coefficient (Wildman–Crippen LogP) is 3.52. The number of nitriles is 1. The Kier molecular flexibility index (Phi) is 5.78. The fraction of sp³-hybridized carbons (Fsp3) is 0.308. The zero-order valence-electron chi connectivity index (χ0n) is 10.9. The molecule has 0 bridgehead atoms. The second-order valence-corrected chi connectivity index (χ2v) is 5.53. The molecule has 0 atom stereocenters. The fourth-order valence-corrected chi connectivity index (χ4v) is 2.90. The maximum atomic E-state index is 12.4. The summed E-state index contributed by atoms with van der Waals surface area (Å²) in [5, 5.41) is 18.7. The minimum atomic E-state index is -3.63. The number of aromatic hydroxyl groups is 1. The standard InChI is InChI=1S/C13H16NO4P/c1-3-17-19(16,18-4-2)12(10-14)9-11-7-5-6-8-13(11)15/h5-9,15H,3-4H2,1-2H3. The number of hydrogen-bond donors (Lipinski definition) is 1. The summed E-state index contributed by atoms with van der Waals surface area (Å²) in [5.74, 6) is -0.00482. The largest absolute Gasteiger partial charge is 0.507 e. The molecule has 0 unspecified atom stereocenters. The van der Waals surface area contributed by atoms with Crippen molar-refractivity contribution in [3.05, 3.63) is 35.1 Å². The molecule has 0 heterocycles. The van der Waals surface area contributed by atoms with Gasteiger partial charge in [0.2, 0.25) is 0 Å². The summed E-state index contributed by atoms with van der Waals surface area (Å²) in [7, 11) is -3.63. The van der Waals surface area contributed by atoms with E-state index in [1.165, 1.54) is 12.1 Å². The molecule has 0 spiro atoms. The van der Waals surface area contributed by atoms with Gasteiger partial charge >= 0.3 is 7.60 Å². The van der Waals surface area contributed by atoms with Crippen LogP contribution in [0.1, 0.15) is 19.4 Å². The lowest BCUT2D eigenvalue weighted by Gasteiger charge is -2.15. The Labute approximate surface area is 112 Å². The number of phenolic OH excluding ortho intramolecular Hbond substituents is 1. The molecule has 1 aromatic rings. The molecule has 19 heavy (non-hydrogen) atoms. The first-order valence-corrected chi connectivity index (χ1v) is 7.41. The van der Waals surface area contributed by atoms with Crippen molar-refractivity contribution in [2.24, 2.45) is 0 Å². The van der Waals surface area contributed by atoms with Gasteiger partial charge in [0.15, 0.2) is 0 Å². The zero-order valence-corrected chi connectivity index (χ0v) is 11.8. The molecule has 0 radical (unpaired) electrons. The molecule has 1 rings (SSSR count). The SMILES string of the molecule is CCOP(=O)(OCC)C(C#N)=Cc1ccccc1O. The number of hydrogen-bond acceptors (Lipinski definition) is 5. The highest BCUT2D eigenvalue weighted by Crippen LogP contribution is 2.56. The Bertz CT molecular complexity index is 538. The zero-order chi connectivity index (χ0) is 14.3. The minimum Gasteiger partial charge on any atom is -0.507 e. The predicted molar refractivity (Wildman–Crippen MR) is 72.6 cm³/mol. The summed E-state index contributed by atoms with van der Waals surface area (Å²) in [6.45, 7) is 3.66. The van der Waals surface area contributed by atoms with Crippen LogP contribution in [0.5, 0.6) is 5.75 Å². The van der Waals surface area contributed by atoms with Crippen molar-refractivity contribution in [3.63, 3.8) is 0 Å². The first-order valence-electron chi connectivity index (χ1n) is 5.86. The van der Waals surface area contributed by atoms with Gasteiger partial charge in [-0.15, -0.1) is 0 Å². The number of benzene rings is 1. The van der Waals surface area contributed by atoms with Crippen molar-refractivity contribution in [2.45, 2.75) is 13.8 Å². The number of nitrogens with zero attached hydrogens (tertiary/aromatic N) is 1. The molecule has 102 valence electrons. The lowest BCUT2D eigenvalue weighted by molar-refractivity contribution is 0.227. The van der Waals surface area contributed by atoms with Gasteiger partial charge in [0, 0.05) is 5.56 Å². The van der Waals surface area contributed by atoms with Gasteiger partial charge in [0.05, 0.1) is 13.2 Å². The van der Waals surface area contributed by atoms with Crippen molar-refractivity contribution in [1.82, 2.24) is 0 Å². The summed E-state index contributed by atoms with van der Waals surface area (Å²) >= 11 is 0. The molecule has 0 amide bonds. The molecule has 0 aliphatic carbocycles. The van der Waals surface area contributed by atoms with E-state index in [2.05, 4.69) is 0 Å². The minimum absolute atomic E-state index is 0.00482. The Hall–Kier alpha value is -1.60. The quantitative estimate of drug-likeness (QED) is 0.637. The van der Waals surface area contributed by atoms with E-state index < -0.39 is 7.60 Å². The van der Waals surface area contributed by atoms with E-state index in [-0.39, 0.29) is 24.3 Å². The molecule has 1 N–H and O–H groups in total. The summed E-state index contributed by atoms with van der Waals surface area (Å²) < 4.78 is 22.6. The average Bonchev–Trinajstić information content (AvgIpc) is 2.38. The first kappa shape index (κ1) is 15.5. The third-order valence-corrected chi connectivity index (χ3v) is 4.25. The lowest BCUT2D eigenvalue weighted by atomic mass is 10.2. The number of para-hydroxylation sites is 1. The van der Waals surface area contributed by atoms with Crippen LogP contribution in [0, 0.1) is 11.3 Å². The molecule has 0 aliphatic rings. The van der Waals surface area contributed by atoms with Crippen molar-refractivity contribution in [3.8, 4) is 11.8 Å². The van der Waals surface area contributed by atoms with Crippen molar-refractivity contribution < 1.29 is 18.7 Å². The van der Waals surface area contributed by atoms with Gasteiger partial charge in [-0.25, -0.2) is 0 Å². The summed E-state index contributed by atoms with van der Waals surface area (Å²) in [5.41, 5.74) is 0.388. The van der Waals surface area contributed by atoms with Gasteiger partial charge in [0.25, 0.3) is 0 Å². The molecule has 6 heteroatoms. The third kappa shape index (κ3) is 3.93. The Balaban J connectivity index is 3.22. The third-order valence-electron chi connectivity index (χ3n) is 2.24. The van der Waals surface area contributed by atoms with Crippen LogP contribution in [0.15, 0.2) is 29.6 Å². The number of phenols is 1. The highest BCUT2D eigenvalue weighted by atomic mass is 31.2. The maximum absolute atomic E-state index is 12.4. The van der Waals surface area contributed by atoms with Gasteiger partial charge in [-0.1, -0.05) is 18.2 Å². The molecule has 0 aromatic heterocycles. The van der Waals surface area contributed by atoms with Crippen LogP contribution in [0.2, 0.25) is 0 Å². The van der Waals surface area contributed by atoms with Crippen molar-refractivity contribution in [1.29, 1.82) is 5.26 Å². The van der Waals surface area contributed by atoms with Crippen molar-refractivity contribution >= 4 is 13.7 Å². The van der Waals surface area contributed by atoms with Crippen LogP contribution in [-0.4, -0.2) is 18.3 Å². The fourth-order valence-electron chi connectivity index (χ4n) is 1.45. The van der Waals surface area contributed by atoms with Gasteiger partial charge in [-0.3, -0.25) is 4.57 Å². The van der Waals surface area contributed by atoms with E-state index >= 15 is 0 Å². The highest BCUT2D eigenvalue weighted by molar-refractivity contribution is 7.59. The maximum Gasteiger partial charge on any atom is 0.371 e. The number of allylic oxidation sites excluding steroid dienone is 1. The number of rotatable bonds is 6. The van der Waals surface area contributed by atoms with E-state index in [1.807, 2.05) is 6.07 Å². The molecule has 5 nitrogen and oxygen atoms in total. The van der Waals surface area contributed by atoms with Crippen molar-refractivity contribution in [2.75, 3.05) is 13.2 Å². The summed E-state index contributed by atoms with van der Waals surface area (Å²) in [6.07, 6.45) is 1.32. The van der Waals surface area contributed by atoms with E-state index in [1.54, 1.807) is 32.0 Å². The van der Waals surface area contributed by atoms with Gasteiger partial charge < -0.3 is 14.2 Å². The van der Waals surface area contributed by atoms with Gasteiger partial charge in [-0.05, 0) is 26.0 Å². The molecule has 0 aliphatic heterocycles. The smallest absolute Gasteiger partial charge is 0.371 e. The van der Waals surface area contributed by atoms with E-state index in [0.29, 0.717) is 5.56 Å². The monoisotopic (exact) mass is 281 g/mol. The molecule has 0 fully saturated rings. The lowest BCUT2D eigenvalue weighted by Crippen LogP contribution is -1.97. The summed E-state index contributed by atoms with van der Waals surface area (Å²) in [6, 6.07) is 8.27. The molecular formula is C13H16NO4P. The average molecular weight is 281 g/mol. The van der Waals surface area contributed by atoms with Crippen LogP contribution in [0.3, 0.4) is 0 Å². The normalized spacial score (nSPS) is 12.2. The second kappa shape index (κ2) is 7.10. The summed E-state index contributed by atoms with van der Waals surface area (Å²) in [4.78, 5) is 0. The highest BCUT2D eigenvalue weighted by Gasteiger charge is 2.30. The van der Waals surface area contributed by atoms with E-state index in [9.17, 15) is 9.67 Å². The Morgan fingerprint density at radius 3 is 2.42 bits per heavy atom.